The highest BCUT2D eigenvalue weighted by Crippen LogP contribution is 2.21. The molecule has 6 heteroatoms. The molecule has 2 aromatic rings. The third-order valence-corrected chi connectivity index (χ3v) is 2.59. The molecule has 1 aromatic heterocycles. The molecule has 0 aliphatic rings. The molecule has 0 radical (unpaired) electrons. The maximum absolute atomic E-state index is 13.8. The smallest absolute Gasteiger partial charge is 0.356 e. The Morgan fingerprint density at radius 2 is 1.94 bits per heavy atom. The van der Waals surface area contributed by atoms with E-state index in [1.165, 1.54) is 26.1 Å². The first-order valence-corrected chi connectivity index (χ1v) is 5.16. The predicted octanol–water partition coefficient (Wildman–Crippen LogP) is 2.47. The van der Waals surface area contributed by atoms with Gasteiger partial charge in [0.1, 0.15) is 5.69 Å². The molecule has 18 heavy (non-hydrogen) atoms. The van der Waals surface area contributed by atoms with Crippen molar-refractivity contribution in [1.82, 2.24) is 9.78 Å². The van der Waals surface area contributed by atoms with Gasteiger partial charge in [-0.15, -0.1) is 0 Å². The molecule has 2 rings (SSSR count). The van der Waals surface area contributed by atoms with Crippen molar-refractivity contribution in [2.24, 2.45) is 0 Å². The molecule has 0 amide bonds. The van der Waals surface area contributed by atoms with E-state index >= 15 is 0 Å². The summed E-state index contributed by atoms with van der Waals surface area (Å²) in [6.07, 6.45) is 1.28. The average Bonchev–Trinajstić information content (AvgIpc) is 2.66. The fourth-order valence-corrected chi connectivity index (χ4v) is 1.64. The Bertz CT molecular complexity index is 635. The molecule has 1 N–H and O–H groups in total. The number of carboxylic acids is 1. The van der Waals surface area contributed by atoms with Crippen LogP contribution in [0.25, 0.3) is 5.69 Å². The van der Waals surface area contributed by atoms with Crippen molar-refractivity contribution in [2.45, 2.75) is 13.8 Å². The minimum Gasteiger partial charge on any atom is -0.476 e. The highest BCUT2D eigenvalue weighted by atomic mass is 19.1. The molecule has 1 aromatic carbocycles. The third-order valence-electron chi connectivity index (χ3n) is 2.59. The van der Waals surface area contributed by atoms with E-state index < -0.39 is 17.6 Å². The Labute approximate surface area is 101 Å². The van der Waals surface area contributed by atoms with Crippen molar-refractivity contribution in [3.05, 3.63) is 46.8 Å². The molecular weight excluding hydrogens is 242 g/mol. The summed E-state index contributed by atoms with van der Waals surface area (Å²) in [5, 5.41) is 12.5. The maximum atomic E-state index is 13.8. The zero-order valence-electron chi connectivity index (χ0n) is 9.74. The molecule has 0 spiro atoms. The van der Waals surface area contributed by atoms with Gasteiger partial charge in [0.25, 0.3) is 0 Å². The zero-order valence-corrected chi connectivity index (χ0v) is 9.74. The van der Waals surface area contributed by atoms with E-state index in [1.54, 1.807) is 0 Å². The van der Waals surface area contributed by atoms with Crippen LogP contribution in [0.3, 0.4) is 0 Å². The van der Waals surface area contributed by atoms with Gasteiger partial charge in [-0.2, -0.15) is 5.10 Å². The van der Waals surface area contributed by atoms with Gasteiger partial charge in [-0.25, -0.2) is 18.3 Å². The number of rotatable bonds is 2. The number of carbonyl (C=O) groups is 1. The molecule has 0 bridgehead atoms. The summed E-state index contributed by atoms with van der Waals surface area (Å²) in [5.41, 5.74) is 0.000130. The number of nitrogens with zero attached hydrogens (tertiary/aromatic N) is 2. The van der Waals surface area contributed by atoms with Crippen molar-refractivity contribution >= 4 is 5.97 Å². The molecule has 0 unspecified atom stereocenters. The van der Waals surface area contributed by atoms with Gasteiger partial charge in [0, 0.05) is 11.8 Å². The summed E-state index contributed by atoms with van der Waals surface area (Å²) in [4.78, 5) is 10.8. The number of hydrogen-bond acceptors (Lipinski definition) is 2. The summed E-state index contributed by atoms with van der Waals surface area (Å²) in [7, 11) is 0. The molecule has 0 aliphatic heterocycles. The lowest BCUT2D eigenvalue weighted by Gasteiger charge is -2.06. The second-order valence-electron chi connectivity index (χ2n) is 3.94. The fourth-order valence-electron chi connectivity index (χ4n) is 1.64. The van der Waals surface area contributed by atoms with Crippen molar-refractivity contribution in [3.63, 3.8) is 0 Å². The molecule has 94 valence electrons. The van der Waals surface area contributed by atoms with Crippen LogP contribution < -0.4 is 0 Å². The number of aromatic nitrogens is 2. The van der Waals surface area contributed by atoms with Crippen LogP contribution in [0.4, 0.5) is 8.78 Å². The molecule has 0 saturated heterocycles. The summed E-state index contributed by atoms with van der Waals surface area (Å²) >= 11 is 0. The topological polar surface area (TPSA) is 55.1 Å². The zero-order chi connectivity index (χ0) is 13.4. The number of hydrogen-bond donors (Lipinski definition) is 1. The predicted molar refractivity (Wildman–Crippen MR) is 59.9 cm³/mol. The highest BCUT2D eigenvalue weighted by molar-refractivity contribution is 5.86. The van der Waals surface area contributed by atoms with E-state index in [4.69, 9.17) is 5.11 Å². The van der Waals surface area contributed by atoms with E-state index in [2.05, 4.69) is 5.10 Å². The second kappa shape index (κ2) is 4.21. The van der Waals surface area contributed by atoms with E-state index in [0.717, 1.165) is 10.7 Å². The number of aryl methyl sites for hydroxylation is 2. The van der Waals surface area contributed by atoms with Crippen molar-refractivity contribution in [3.8, 4) is 5.69 Å². The van der Waals surface area contributed by atoms with Crippen molar-refractivity contribution in [2.75, 3.05) is 0 Å². The first kappa shape index (κ1) is 12.2. The van der Waals surface area contributed by atoms with Crippen molar-refractivity contribution < 1.29 is 18.7 Å². The minimum atomic E-state index is -1.24. The normalized spacial score (nSPS) is 10.7. The Hall–Kier alpha value is -2.24. The van der Waals surface area contributed by atoms with Gasteiger partial charge in [-0.3, -0.25) is 0 Å². The summed E-state index contributed by atoms with van der Waals surface area (Å²) < 4.78 is 28.4. The van der Waals surface area contributed by atoms with E-state index in [-0.39, 0.29) is 16.9 Å². The monoisotopic (exact) mass is 252 g/mol. The lowest BCUT2D eigenvalue weighted by molar-refractivity contribution is 0.0689. The first-order chi connectivity index (χ1) is 8.41. The van der Waals surface area contributed by atoms with Crippen LogP contribution in [0.5, 0.6) is 0 Å². The molecule has 0 saturated carbocycles. The van der Waals surface area contributed by atoms with Gasteiger partial charge < -0.3 is 5.11 Å². The van der Waals surface area contributed by atoms with Gasteiger partial charge in [0.05, 0.1) is 0 Å². The SMILES string of the molecule is Cc1cn(-c2c(F)ccc(C)c2F)nc1C(=O)O. The second-order valence-corrected chi connectivity index (χ2v) is 3.94. The van der Waals surface area contributed by atoms with Crippen LogP contribution >= 0.6 is 0 Å². The largest absolute Gasteiger partial charge is 0.476 e. The number of carboxylic acid groups (broad SMARTS) is 1. The Morgan fingerprint density at radius 3 is 2.50 bits per heavy atom. The fraction of sp³-hybridized carbons (Fsp3) is 0.167. The quantitative estimate of drug-likeness (QED) is 0.893. The van der Waals surface area contributed by atoms with Gasteiger partial charge in [0.2, 0.25) is 0 Å². The average molecular weight is 252 g/mol. The summed E-state index contributed by atoms with van der Waals surface area (Å²) in [5.74, 6) is -2.79. The van der Waals surface area contributed by atoms with E-state index in [0.29, 0.717) is 5.56 Å². The molecule has 0 fully saturated rings. The van der Waals surface area contributed by atoms with Crippen LogP contribution in [-0.4, -0.2) is 20.9 Å². The highest BCUT2D eigenvalue weighted by Gasteiger charge is 2.18. The van der Waals surface area contributed by atoms with Crippen LogP contribution in [-0.2, 0) is 0 Å². The summed E-state index contributed by atoms with van der Waals surface area (Å²) in [6.45, 7) is 3.01. The van der Waals surface area contributed by atoms with Crippen LogP contribution in [0.1, 0.15) is 21.6 Å². The lowest BCUT2D eigenvalue weighted by Crippen LogP contribution is -2.06. The van der Waals surface area contributed by atoms with Crippen LogP contribution in [0.2, 0.25) is 0 Å². The molecule has 0 aliphatic carbocycles. The molecule has 1 heterocycles. The summed E-state index contributed by atoms with van der Waals surface area (Å²) in [6, 6.07) is 2.42. The Morgan fingerprint density at radius 1 is 1.28 bits per heavy atom. The van der Waals surface area contributed by atoms with Crippen molar-refractivity contribution in [1.29, 1.82) is 0 Å². The number of halogens is 2. The Balaban J connectivity index is 2.66. The van der Waals surface area contributed by atoms with Gasteiger partial charge in [0.15, 0.2) is 17.3 Å². The molecule has 0 atom stereocenters. The third kappa shape index (κ3) is 1.85. The molecular formula is C12H10F2N2O2. The molecule has 4 nitrogen and oxygen atoms in total. The standard InChI is InChI=1S/C12H10F2N2O2/c1-6-3-4-8(13)11(9(6)14)16-5-7(2)10(15-16)12(17)18/h3-5H,1-2H3,(H,17,18). The Kier molecular flexibility index (Phi) is 2.86. The van der Waals surface area contributed by atoms with E-state index in [1.807, 2.05) is 0 Å². The van der Waals surface area contributed by atoms with Gasteiger partial charge >= 0.3 is 5.97 Å². The maximum Gasteiger partial charge on any atom is 0.356 e. The number of benzene rings is 1. The lowest BCUT2D eigenvalue weighted by atomic mass is 10.2. The minimum absolute atomic E-state index is 0.227. The van der Waals surface area contributed by atoms with Gasteiger partial charge in [-0.05, 0) is 25.5 Å². The number of aromatic carboxylic acids is 1. The van der Waals surface area contributed by atoms with Gasteiger partial charge in [-0.1, -0.05) is 6.07 Å². The first-order valence-electron chi connectivity index (χ1n) is 5.16. The van der Waals surface area contributed by atoms with E-state index in [9.17, 15) is 13.6 Å². The van der Waals surface area contributed by atoms with Crippen LogP contribution in [0.15, 0.2) is 18.3 Å². The van der Waals surface area contributed by atoms with Crippen LogP contribution in [0, 0.1) is 25.5 Å².